The molecule has 3 amide bonds. The largest absolute Gasteiger partial charge is 0.481 e. The molecule has 0 aromatic heterocycles. The van der Waals surface area contributed by atoms with E-state index >= 15 is 0 Å². The number of aliphatic hydroxyl groups excluding tert-OH is 1. The summed E-state index contributed by atoms with van der Waals surface area (Å²) in [5, 5.41) is 41.9. The Labute approximate surface area is 170 Å². The van der Waals surface area contributed by atoms with Crippen molar-refractivity contribution in [3.8, 4) is 0 Å². The Morgan fingerprint density at radius 2 is 1.27 bits per heavy atom. The van der Waals surface area contributed by atoms with Gasteiger partial charge in [0.25, 0.3) is 0 Å². The van der Waals surface area contributed by atoms with Gasteiger partial charge < -0.3 is 42.1 Å². The van der Waals surface area contributed by atoms with E-state index < -0.39 is 85.2 Å². The number of carbonyl (C=O) groups is 6. The fourth-order valence-corrected chi connectivity index (χ4v) is 2.18. The number of carbonyl (C=O) groups excluding carboxylic acids is 3. The highest BCUT2D eigenvalue weighted by atomic mass is 16.4. The molecule has 0 bridgehead atoms. The standard InChI is InChI=1S/C16H26N4O10/c1-6(2)12(20-13(26)7(17)3-10(22)23)15(28)19-9(5-21)14(27)18-8(16(29)30)4-11(24)25/h6-9,12,21H,3-5,17H2,1-2H3,(H,18,27)(H,19,28)(H,20,26)(H,22,23)(H,24,25)(H,29,30). The molecule has 0 aliphatic rings. The average molecular weight is 434 g/mol. The molecule has 4 atom stereocenters. The van der Waals surface area contributed by atoms with Crippen LogP contribution in [0.15, 0.2) is 0 Å². The van der Waals surface area contributed by atoms with Gasteiger partial charge in [0.2, 0.25) is 17.7 Å². The van der Waals surface area contributed by atoms with Crippen molar-refractivity contribution in [2.45, 2.75) is 50.9 Å². The maximum absolute atomic E-state index is 12.5. The molecule has 14 heteroatoms. The second-order valence-corrected chi connectivity index (χ2v) is 6.68. The fraction of sp³-hybridized carbons (Fsp3) is 0.625. The van der Waals surface area contributed by atoms with Gasteiger partial charge in [0, 0.05) is 0 Å². The minimum Gasteiger partial charge on any atom is -0.481 e. The summed E-state index contributed by atoms with van der Waals surface area (Å²) in [5.74, 6) is -8.00. The number of amides is 3. The van der Waals surface area contributed by atoms with E-state index in [1.807, 2.05) is 5.32 Å². The maximum atomic E-state index is 12.5. The molecule has 0 spiro atoms. The van der Waals surface area contributed by atoms with Crippen molar-refractivity contribution in [3.63, 3.8) is 0 Å². The average Bonchev–Trinajstić information content (AvgIpc) is 2.61. The van der Waals surface area contributed by atoms with Gasteiger partial charge in [-0.15, -0.1) is 0 Å². The number of rotatable bonds is 13. The van der Waals surface area contributed by atoms with Crippen molar-refractivity contribution < 1.29 is 49.2 Å². The summed E-state index contributed by atoms with van der Waals surface area (Å²) in [6, 6.07) is -6.12. The summed E-state index contributed by atoms with van der Waals surface area (Å²) in [4.78, 5) is 68.9. The van der Waals surface area contributed by atoms with Crippen LogP contribution >= 0.6 is 0 Å². The zero-order chi connectivity index (χ0) is 23.6. The third kappa shape index (κ3) is 9.29. The molecule has 0 aromatic rings. The van der Waals surface area contributed by atoms with Crippen molar-refractivity contribution >= 4 is 35.6 Å². The summed E-state index contributed by atoms with van der Waals surface area (Å²) in [5.41, 5.74) is 5.43. The van der Waals surface area contributed by atoms with Crippen LogP contribution < -0.4 is 21.7 Å². The number of carboxylic acids is 3. The molecular formula is C16H26N4O10. The van der Waals surface area contributed by atoms with Gasteiger partial charge in [0.1, 0.15) is 18.1 Å². The van der Waals surface area contributed by atoms with E-state index in [0.717, 1.165) is 0 Å². The summed E-state index contributed by atoms with van der Waals surface area (Å²) >= 11 is 0. The molecule has 30 heavy (non-hydrogen) atoms. The number of carboxylic acid groups (broad SMARTS) is 3. The van der Waals surface area contributed by atoms with Gasteiger partial charge in [-0.3, -0.25) is 24.0 Å². The molecule has 14 nitrogen and oxygen atoms in total. The lowest BCUT2D eigenvalue weighted by atomic mass is 10.0. The number of nitrogens with one attached hydrogen (secondary N) is 3. The molecule has 0 aromatic carbocycles. The molecule has 170 valence electrons. The Hall–Kier alpha value is -3.26. The van der Waals surface area contributed by atoms with Crippen LogP contribution in [0.3, 0.4) is 0 Å². The normalized spacial score (nSPS) is 14.7. The van der Waals surface area contributed by atoms with Crippen molar-refractivity contribution in [1.82, 2.24) is 16.0 Å². The first-order valence-electron chi connectivity index (χ1n) is 8.74. The number of hydrogen-bond donors (Lipinski definition) is 8. The van der Waals surface area contributed by atoms with Crippen molar-refractivity contribution in [3.05, 3.63) is 0 Å². The molecule has 0 heterocycles. The van der Waals surface area contributed by atoms with Gasteiger partial charge in [0.15, 0.2) is 0 Å². The molecule has 0 saturated heterocycles. The van der Waals surface area contributed by atoms with Crippen LogP contribution in [0, 0.1) is 5.92 Å². The first-order chi connectivity index (χ1) is 13.8. The molecule has 0 radical (unpaired) electrons. The third-order valence-electron chi connectivity index (χ3n) is 3.79. The zero-order valence-electron chi connectivity index (χ0n) is 16.3. The van der Waals surface area contributed by atoms with Crippen molar-refractivity contribution in [2.75, 3.05) is 6.61 Å². The fourth-order valence-electron chi connectivity index (χ4n) is 2.18. The minimum atomic E-state index is -1.80. The highest BCUT2D eigenvalue weighted by molar-refractivity contribution is 5.95. The van der Waals surface area contributed by atoms with Gasteiger partial charge in [-0.05, 0) is 5.92 Å². The number of hydrogen-bond acceptors (Lipinski definition) is 8. The maximum Gasteiger partial charge on any atom is 0.326 e. The Bertz CT molecular complexity index is 681. The lowest BCUT2D eigenvalue weighted by molar-refractivity contribution is -0.147. The second-order valence-electron chi connectivity index (χ2n) is 6.68. The van der Waals surface area contributed by atoms with E-state index in [1.54, 1.807) is 0 Å². The Morgan fingerprint density at radius 1 is 0.767 bits per heavy atom. The summed E-state index contributed by atoms with van der Waals surface area (Å²) in [6.07, 6.45) is -1.61. The SMILES string of the molecule is CC(C)C(NC(=O)C(N)CC(=O)O)C(=O)NC(CO)C(=O)NC(CC(=O)O)C(=O)O. The molecule has 0 rings (SSSR count). The summed E-state index contributed by atoms with van der Waals surface area (Å²) in [7, 11) is 0. The Balaban J connectivity index is 5.19. The lowest BCUT2D eigenvalue weighted by Gasteiger charge is -2.26. The number of aliphatic hydroxyl groups is 1. The number of nitrogens with two attached hydrogens (primary N) is 1. The molecule has 0 aliphatic heterocycles. The van der Waals surface area contributed by atoms with E-state index in [0.29, 0.717) is 0 Å². The topological polar surface area (TPSA) is 245 Å². The predicted molar refractivity (Wildman–Crippen MR) is 97.8 cm³/mol. The highest BCUT2D eigenvalue weighted by Crippen LogP contribution is 2.04. The third-order valence-corrected chi connectivity index (χ3v) is 3.79. The number of aliphatic carboxylic acids is 3. The van der Waals surface area contributed by atoms with Gasteiger partial charge >= 0.3 is 17.9 Å². The first-order valence-corrected chi connectivity index (χ1v) is 8.74. The smallest absolute Gasteiger partial charge is 0.326 e. The van der Waals surface area contributed by atoms with Crippen LogP contribution in [0.5, 0.6) is 0 Å². The van der Waals surface area contributed by atoms with E-state index in [1.165, 1.54) is 13.8 Å². The summed E-state index contributed by atoms with van der Waals surface area (Å²) < 4.78 is 0. The lowest BCUT2D eigenvalue weighted by Crippen LogP contribution is -2.59. The second kappa shape index (κ2) is 12.3. The van der Waals surface area contributed by atoms with Crippen LogP contribution in [-0.4, -0.2) is 86.8 Å². The van der Waals surface area contributed by atoms with Gasteiger partial charge in [-0.1, -0.05) is 13.8 Å². The first kappa shape index (κ1) is 26.7. The van der Waals surface area contributed by atoms with Crippen molar-refractivity contribution in [1.29, 1.82) is 0 Å². The van der Waals surface area contributed by atoms with Crippen molar-refractivity contribution in [2.24, 2.45) is 11.7 Å². The van der Waals surface area contributed by atoms with E-state index in [2.05, 4.69) is 10.6 Å². The van der Waals surface area contributed by atoms with E-state index in [-0.39, 0.29) is 0 Å². The van der Waals surface area contributed by atoms with Gasteiger partial charge in [-0.2, -0.15) is 0 Å². The molecule has 4 unspecified atom stereocenters. The molecule has 9 N–H and O–H groups in total. The molecular weight excluding hydrogens is 408 g/mol. The molecule has 0 fully saturated rings. The van der Waals surface area contributed by atoms with E-state index in [9.17, 15) is 33.9 Å². The Kier molecular flexibility index (Phi) is 11.0. The van der Waals surface area contributed by atoms with Crippen LogP contribution in [-0.2, 0) is 28.8 Å². The quantitative estimate of drug-likeness (QED) is 0.141. The van der Waals surface area contributed by atoms with Crippen LogP contribution in [0.2, 0.25) is 0 Å². The minimum absolute atomic E-state index is 0.535. The van der Waals surface area contributed by atoms with Crippen LogP contribution in [0.1, 0.15) is 26.7 Å². The van der Waals surface area contributed by atoms with E-state index in [4.69, 9.17) is 21.1 Å². The van der Waals surface area contributed by atoms with Crippen LogP contribution in [0.4, 0.5) is 0 Å². The van der Waals surface area contributed by atoms with Gasteiger partial charge in [-0.25, -0.2) is 4.79 Å². The monoisotopic (exact) mass is 434 g/mol. The zero-order valence-corrected chi connectivity index (χ0v) is 16.3. The summed E-state index contributed by atoms with van der Waals surface area (Å²) in [6.45, 7) is 2.12. The van der Waals surface area contributed by atoms with Gasteiger partial charge in [0.05, 0.1) is 25.5 Å². The predicted octanol–water partition coefficient (Wildman–Crippen LogP) is -3.55. The molecule has 0 aliphatic carbocycles. The van der Waals surface area contributed by atoms with Crippen LogP contribution in [0.25, 0.3) is 0 Å². The highest BCUT2D eigenvalue weighted by Gasteiger charge is 2.32. The Morgan fingerprint density at radius 3 is 1.67 bits per heavy atom. The molecule has 0 saturated carbocycles.